The fourth-order valence-electron chi connectivity index (χ4n) is 12.7. The van der Waals surface area contributed by atoms with Crippen LogP contribution in [0.5, 0.6) is 0 Å². The van der Waals surface area contributed by atoms with Crippen molar-refractivity contribution in [2.24, 2.45) is 0 Å². The van der Waals surface area contributed by atoms with E-state index in [4.69, 9.17) is 0 Å². The first-order valence-electron chi connectivity index (χ1n) is 28.1. The Bertz CT molecular complexity index is 3870. The zero-order chi connectivity index (χ0) is 51.8. The van der Waals surface area contributed by atoms with E-state index in [0.717, 1.165) is 59.8 Å². The molecular formula is C76H60N2. The van der Waals surface area contributed by atoms with Crippen LogP contribution in [0.25, 0.3) is 77.2 Å². The van der Waals surface area contributed by atoms with E-state index in [0.29, 0.717) is 0 Å². The van der Waals surface area contributed by atoms with Gasteiger partial charge in [-0.05, 0) is 224 Å². The maximum Gasteiger partial charge on any atom is 0.0468 e. The van der Waals surface area contributed by atoms with Gasteiger partial charge in [0.2, 0.25) is 0 Å². The molecule has 0 spiro atoms. The molecule has 0 aliphatic heterocycles. The van der Waals surface area contributed by atoms with E-state index in [1.165, 1.54) is 125 Å². The van der Waals surface area contributed by atoms with Gasteiger partial charge >= 0.3 is 0 Å². The Balaban J connectivity index is 0.828. The molecule has 14 rings (SSSR count). The van der Waals surface area contributed by atoms with Crippen LogP contribution in [-0.2, 0) is 25.7 Å². The smallest absolute Gasteiger partial charge is 0.0468 e. The Kier molecular flexibility index (Phi) is 12.5. The highest BCUT2D eigenvalue weighted by Crippen LogP contribution is 2.44. The minimum atomic E-state index is 1.09. The quantitative estimate of drug-likeness (QED) is 0.142. The van der Waals surface area contributed by atoms with Crippen LogP contribution in [0.1, 0.15) is 47.9 Å². The molecule has 0 saturated carbocycles. The highest BCUT2D eigenvalue weighted by Gasteiger charge is 2.21. The number of nitrogens with zero attached hydrogens (tertiary/aromatic N) is 2. The number of hydrogen-bond donors (Lipinski definition) is 0. The molecule has 0 saturated heterocycles. The van der Waals surface area contributed by atoms with Gasteiger partial charge in [-0.2, -0.15) is 0 Å². The Morgan fingerprint density at radius 1 is 0.218 bits per heavy atom. The van der Waals surface area contributed by atoms with Crippen molar-refractivity contribution in [3.8, 4) is 55.6 Å². The summed E-state index contributed by atoms with van der Waals surface area (Å²) in [7, 11) is 0. The standard InChI is InChI=1S/C76H60N2/c1-3-17-53(18-4-1)59-25-15-27-65(49-59)77(67-43-47-71-61(51-67)37-45-75-69-29-11-7-21-57(69)23-9-13-31-73(71)75)63-39-33-55(34-40-63)56-35-41-64(42-36-56)78(66-28-16-26-60(50-66)54-19-5-2-6-20-54)68-44-48-72-62(52-68)38-46-76-70-30-12-8-22-58(70)24-10-14-32-74(72)76/h1-8,11-12,15-22,25-30,33-52H,9-10,13-14,23-24,31-32H2. The highest BCUT2D eigenvalue weighted by atomic mass is 15.1. The normalized spacial score (nSPS) is 13.0. The topological polar surface area (TPSA) is 6.48 Å². The van der Waals surface area contributed by atoms with Gasteiger partial charge in [0.05, 0.1) is 0 Å². The van der Waals surface area contributed by atoms with E-state index < -0.39 is 0 Å². The van der Waals surface area contributed by atoms with Crippen LogP contribution in [0.15, 0.2) is 267 Å². The molecule has 2 nitrogen and oxygen atoms in total. The molecule has 374 valence electrons. The average Bonchev–Trinajstić information content (AvgIpc) is 3.65. The second kappa shape index (κ2) is 20.7. The number of aryl methyl sites for hydroxylation is 4. The largest absolute Gasteiger partial charge is 0.310 e. The molecule has 78 heavy (non-hydrogen) atoms. The van der Waals surface area contributed by atoms with Crippen molar-refractivity contribution in [3.63, 3.8) is 0 Å². The number of fused-ring (bicyclic) bond motifs is 10. The third kappa shape index (κ3) is 9.03. The number of anilines is 6. The second-order valence-corrected chi connectivity index (χ2v) is 21.3. The lowest BCUT2D eigenvalue weighted by atomic mass is 9.85. The van der Waals surface area contributed by atoms with Crippen LogP contribution in [-0.4, -0.2) is 0 Å². The molecule has 0 amide bonds. The van der Waals surface area contributed by atoms with Gasteiger partial charge in [-0.15, -0.1) is 0 Å². The Labute approximate surface area is 459 Å². The zero-order valence-electron chi connectivity index (χ0n) is 44.0. The summed E-state index contributed by atoms with van der Waals surface area (Å²) in [4.78, 5) is 4.85. The van der Waals surface area contributed by atoms with Gasteiger partial charge in [0.25, 0.3) is 0 Å². The third-order valence-corrected chi connectivity index (χ3v) is 16.6. The summed E-state index contributed by atoms with van der Waals surface area (Å²) >= 11 is 0. The lowest BCUT2D eigenvalue weighted by Crippen LogP contribution is -2.10. The van der Waals surface area contributed by atoms with Gasteiger partial charge in [0, 0.05) is 34.1 Å². The maximum atomic E-state index is 2.42. The molecular weight excluding hydrogens is 941 g/mol. The van der Waals surface area contributed by atoms with Gasteiger partial charge in [0.15, 0.2) is 0 Å². The lowest BCUT2D eigenvalue weighted by Gasteiger charge is -2.27. The predicted octanol–water partition coefficient (Wildman–Crippen LogP) is 21.0. The van der Waals surface area contributed by atoms with E-state index in [2.05, 4.69) is 277 Å². The van der Waals surface area contributed by atoms with Crippen molar-refractivity contribution >= 4 is 55.7 Å². The zero-order valence-corrected chi connectivity index (χ0v) is 44.0. The molecule has 0 radical (unpaired) electrons. The summed E-state index contributed by atoms with van der Waals surface area (Å²) in [6.07, 6.45) is 9.27. The second-order valence-electron chi connectivity index (χ2n) is 21.3. The van der Waals surface area contributed by atoms with Crippen LogP contribution in [0.3, 0.4) is 0 Å². The molecule has 12 aromatic rings. The van der Waals surface area contributed by atoms with Crippen molar-refractivity contribution in [1.29, 1.82) is 0 Å². The van der Waals surface area contributed by atoms with E-state index in [-0.39, 0.29) is 0 Å². The summed E-state index contributed by atoms with van der Waals surface area (Å²) in [6, 6.07) is 99.4. The van der Waals surface area contributed by atoms with E-state index in [1.807, 2.05) is 0 Å². The predicted molar refractivity (Wildman–Crippen MR) is 331 cm³/mol. The molecule has 2 aliphatic carbocycles. The van der Waals surface area contributed by atoms with Crippen LogP contribution in [0.4, 0.5) is 34.1 Å². The molecule has 0 N–H and O–H groups in total. The molecule has 0 unspecified atom stereocenters. The molecule has 0 fully saturated rings. The lowest BCUT2D eigenvalue weighted by molar-refractivity contribution is 0.732. The SMILES string of the molecule is c1ccc(-c2cccc(N(c3ccc(-c4ccc(N(c5cccc(-c6ccccc6)c5)c5ccc6c7c(ccc6c5)-c5ccccc5CCCC7)cc4)cc3)c3ccc4c5c(ccc4c3)-c3ccccc3CCCC5)c2)cc1. The Morgan fingerprint density at radius 2 is 0.577 bits per heavy atom. The highest BCUT2D eigenvalue weighted by molar-refractivity contribution is 5.98. The van der Waals surface area contributed by atoms with Gasteiger partial charge in [-0.1, -0.05) is 194 Å². The summed E-state index contributed by atoms with van der Waals surface area (Å²) < 4.78 is 0. The van der Waals surface area contributed by atoms with Gasteiger partial charge in [0.1, 0.15) is 0 Å². The Morgan fingerprint density at radius 3 is 1.03 bits per heavy atom. The number of benzene rings is 12. The number of rotatable bonds is 9. The molecule has 0 atom stereocenters. The minimum absolute atomic E-state index is 1.09. The van der Waals surface area contributed by atoms with E-state index >= 15 is 0 Å². The third-order valence-electron chi connectivity index (χ3n) is 16.6. The summed E-state index contributed by atoms with van der Waals surface area (Å²) in [5, 5.41) is 5.24. The average molecular weight is 1000 g/mol. The van der Waals surface area contributed by atoms with Crippen molar-refractivity contribution in [2.45, 2.75) is 51.4 Å². The van der Waals surface area contributed by atoms with Gasteiger partial charge in [-0.3, -0.25) is 0 Å². The van der Waals surface area contributed by atoms with E-state index in [1.54, 1.807) is 0 Å². The van der Waals surface area contributed by atoms with Crippen LogP contribution < -0.4 is 9.80 Å². The first-order valence-corrected chi connectivity index (χ1v) is 28.1. The Hall–Kier alpha value is -9.24. The summed E-state index contributed by atoms with van der Waals surface area (Å²) in [5.41, 5.74) is 25.3. The maximum absolute atomic E-state index is 2.42. The fourth-order valence-corrected chi connectivity index (χ4v) is 12.7. The summed E-state index contributed by atoms with van der Waals surface area (Å²) in [5.74, 6) is 0. The first kappa shape index (κ1) is 47.2. The van der Waals surface area contributed by atoms with Crippen LogP contribution in [0.2, 0.25) is 0 Å². The summed E-state index contributed by atoms with van der Waals surface area (Å²) in [6.45, 7) is 0. The van der Waals surface area contributed by atoms with Crippen molar-refractivity contribution in [1.82, 2.24) is 0 Å². The fraction of sp³-hybridized carbons (Fsp3) is 0.105. The van der Waals surface area contributed by atoms with Gasteiger partial charge in [-0.25, -0.2) is 0 Å². The minimum Gasteiger partial charge on any atom is -0.310 e. The molecule has 2 aliphatic rings. The monoisotopic (exact) mass is 1000 g/mol. The molecule has 0 heterocycles. The van der Waals surface area contributed by atoms with Crippen LogP contribution >= 0.6 is 0 Å². The first-order chi connectivity index (χ1) is 38.7. The molecule has 0 aromatic heterocycles. The van der Waals surface area contributed by atoms with Crippen molar-refractivity contribution in [2.75, 3.05) is 9.80 Å². The van der Waals surface area contributed by atoms with Crippen LogP contribution in [0, 0.1) is 0 Å². The van der Waals surface area contributed by atoms with Gasteiger partial charge < -0.3 is 9.80 Å². The van der Waals surface area contributed by atoms with E-state index in [9.17, 15) is 0 Å². The van der Waals surface area contributed by atoms with Crippen molar-refractivity contribution in [3.05, 3.63) is 289 Å². The molecule has 12 aromatic carbocycles. The molecule has 0 bridgehead atoms. The molecule has 2 heteroatoms. The van der Waals surface area contributed by atoms with Crippen molar-refractivity contribution < 1.29 is 0 Å². The number of hydrogen-bond acceptors (Lipinski definition) is 2.